The van der Waals surface area contributed by atoms with E-state index in [1.54, 1.807) is 13.2 Å². The molecule has 0 amide bonds. The first kappa shape index (κ1) is 11.0. The molecule has 82 valence electrons. The summed E-state index contributed by atoms with van der Waals surface area (Å²) in [5.74, 6) is 0.864. The third kappa shape index (κ3) is 2.74. The number of ether oxygens (including phenoxy) is 1. The zero-order valence-electron chi connectivity index (χ0n) is 8.98. The molecule has 2 aromatic rings. The SMILES string of the molecule is COc1ccc(Cc2cccc(Cl)n2)cc1. The van der Waals surface area contributed by atoms with Crippen molar-refractivity contribution in [2.24, 2.45) is 0 Å². The van der Waals surface area contributed by atoms with E-state index in [0.29, 0.717) is 5.15 Å². The van der Waals surface area contributed by atoms with Gasteiger partial charge < -0.3 is 4.74 Å². The molecule has 0 atom stereocenters. The maximum Gasteiger partial charge on any atom is 0.129 e. The summed E-state index contributed by atoms with van der Waals surface area (Å²) in [6.45, 7) is 0. The van der Waals surface area contributed by atoms with Crippen LogP contribution in [0.3, 0.4) is 0 Å². The second kappa shape index (κ2) is 4.99. The minimum Gasteiger partial charge on any atom is -0.497 e. The van der Waals surface area contributed by atoms with Gasteiger partial charge in [-0.1, -0.05) is 29.8 Å². The summed E-state index contributed by atoms with van der Waals surface area (Å²) in [5.41, 5.74) is 2.16. The Balaban J connectivity index is 2.14. The van der Waals surface area contributed by atoms with E-state index in [4.69, 9.17) is 16.3 Å². The molecule has 2 nitrogen and oxygen atoms in total. The molecule has 0 N–H and O–H groups in total. The summed E-state index contributed by atoms with van der Waals surface area (Å²) in [4.78, 5) is 4.25. The Labute approximate surface area is 99.9 Å². The Morgan fingerprint density at radius 3 is 2.50 bits per heavy atom. The molecule has 0 saturated carbocycles. The molecule has 0 aliphatic heterocycles. The van der Waals surface area contributed by atoms with Crippen LogP contribution in [-0.4, -0.2) is 12.1 Å². The van der Waals surface area contributed by atoms with Crippen molar-refractivity contribution in [2.75, 3.05) is 7.11 Å². The predicted molar refractivity (Wildman–Crippen MR) is 65.0 cm³/mol. The van der Waals surface area contributed by atoms with Crippen LogP contribution in [0.15, 0.2) is 42.5 Å². The fraction of sp³-hybridized carbons (Fsp3) is 0.154. The Morgan fingerprint density at radius 1 is 1.12 bits per heavy atom. The van der Waals surface area contributed by atoms with Gasteiger partial charge in [0.25, 0.3) is 0 Å². The molecule has 0 unspecified atom stereocenters. The van der Waals surface area contributed by atoms with Gasteiger partial charge in [0, 0.05) is 12.1 Å². The number of nitrogens with zero attached hydrogens (tertiary/aromatic N) is 1. The first-order valence-corrected chi connectivity index (χ1v) is 5.40. The third-order valence-electron chi connectivity index (χ3n) is 2.32. The van der Waals surface area contributed by atoms with Crippen LogP contribution in [0.25, 0.3) is 0 Å². The summed E-state index contributed by atoms with van der Waals surface area (Å²) < 4.78 is 5.10. The van der Waals surface area contributed by atoms with Crippen LogP contribution in [0.4, 0.5) is 0 Å². The van der Waals surface area contributed by atoms with Crippen LogP contribution >= 0.6 is 11.6 Å². The van der Waals surface area contributed by atoms with Crippen LogP contribution in [-0.2, 0) is 6.42 Å². The standard InChI is InChI=1S/C13H12ClNO/c1-16-12-7-5-10(6-8-12)9-11-3-2-4-13(14)15-11/h2-8H,9H2,1H3. The summed E-state index contributed by atoms with van der Waals surface area (Å²) in [5, 5.41) is 0.533. The molecule has 1 aromatic heterocycles. The van der Waals surface area contributed by atoms with Crippen molar-refractivity contribution in [1.82, 2.24) is 4.98 Å². The second-order valence-electron chi connectivity index (χ2n) is 3.48. The normalized spacial score (nSPS) is 10.1. The van der Waals surface area contributed by atoms with Gasteiger partial charge in [-0.05, 0) is 29.8 Å². The summed E-state index contributed by atoms with van der Waals surface area (Å²) in [6, 6.07) is 13.6. The van der Waals surface area contributed by atoms with Gasteiger partial charge in [-0.15, -0.1) is 0 Å². The molecule has 0 bridgehead atoms. The van der Waals surface area contributed by atoms with Gasteiger partial charge in [0.05, 0.1) is 7.11 Å². The lowest BCUT2D eigenvalue weighted by Crippen LogP contribution is -1.92. The van der Waals surface area contributed by atoms with E-state index < -0.39 is 0 Å². The highest BCUT2D eigenvalue weighted by molar-refractivity contribution is 6.29. The van der Waals surface area contributed by atoms with Crippen molar-refractivity contribution < 1.29 is 4.74 Å². The summed E-state index contributed by atoms with van der Waals surface area (Å²) in [7, 11) is 1.66. The minimum atomic E-state index is 0.533. The Morgan fingerprint density at radius 2 is 1.88 bits per heavy atom. The van der Waals surface area contributed by atoms with Crippen molar-refractivity contribution in [3.8, 4) is 5.75 Å². The monoisotopic (exact) mass is 233 g/mol. The molecule has 0 aliphatic carbocycles. The maximum absolute atomic E-state index is 5.83. The lowest BCUT2D eigenvalue weighted by atomic mass is 10.1. The molecule has 0 saturated heterocycles. The van der Waals surface area contributed by atoms with E-state index in [-0.39, 0.29) is 0 Å². The van der Waals surface area contributed by atoms with Crippen LogP contribution in [0.1, 0.15) is 11.3 Å². The number of hydrogen-bond donors (Lipinski definition) is 0. The molecule has 0 radical (unpaired) electrons. The number of hydrogen-bond acceptors (Lipinski definition) is 2. The van der Waals surface area contributed by atoms with Crippen molar-refractivity contribution >= 4 is 11.6 Å². The highest BCUT2D eigenvalue weighted by atomic mass is 35.5. The zero-order valence-corrected chi connectivity index (χ0v) is 9.74. The van der Waals surface area contributed by atoms with E-state index in [1.807, 2.05) is 36.4 Å². The fourth-order valence-corrected chi connectivity index (χ4v) is 1.68. The van der Waals surface area contributed by atoms with Crippen LogP contribution in [0, 0.1) is 0 Å². The molecule has 0 fully saturated rings. The smallest absolute Gasteiger partial charge is 0.129 e. The van der Waals surface area contributed by atoms with Gasteiger partial charge in [-0.2, -0.15) is 0 Å². The van der Waals surface area contributed by atoms with Crippen LogP contribution < -0.4 is 4.74 Å². The van der Waals surface area contributed by atoms with E-state index in [9.17, 15) is 0 Å². The fourth-order valence-electron chi connectivity index (χ4n) is 1.50. The predicted octanol–water partition coefficient (Wildman–Crippen LogP) is 3.33. The average molecular weight is 234 g/mol. The number of aromatic nitrogens is 1. The molecule has 0 spiro atoms. The topological polar surface area (TPSA) is 22.1 Å². The van der Waals surface area contributed by atoms with Gasteiger partial charge in [-0.3, -0.25) is 0 Å². The Bertz CT molecular complexity index is 468. The van der Waals surface area contributed by atoms with E-state index in [1.165, 1.54) is 5.56 Å². The molecule has 1 heterocycles. The van der Waals surface area contributed by atoms with Gasteiger partial charge in [0.15, 0.2) is 0 Å². The van der Waals surface area contributed by atoms with Crippen molar-refractivity contribution in [2.45, 2.75) is 6.42 Å². The van der Waals surface area contributed by atoms with Gasteiger partial charge in [0.1, 0.15) is 10.9 Å². The number of halogens is 1. The lowest BCUT2D eigenvalue weighted by molar-refractivity contribution is 0.414. The summed E-state index contributed by atoms with van der Waals surface area (Å²) >= 11 is 5.83. The number of rotatable bonds is 3. The molecular weight excluding hydrogens is 222 g/mol. The molecular formula is C13H12ClNO. The molecule has 0 aliphatic rings. The lowest BCUT2D eigenvalue weighted by Gasteiger charge is -2.03. The van der Waals surface area contributed by atoms with Crippen LogP contribution in [0.2, 0.25) is 5.15 Å². The number of benzene rings is 1. The molecule has 16 heavy (non-hydrogen) atoms. The molecule has 2 rings (SSSR count). The summed E-state index contributed by atoms with van der Waals surface area (Å²) in [6.07, 6.45) is 0.782. The molecule has 1 aromatic carbocycles. The number of methoxy groups -OCH3 is 1. The van der Waals surface area contributed by atoms with Crippen molar-refractivity contribution in [1.29, 1.82) is 0 Å². The highest BCUT2D eigenvalue weighted by Gasteiger charge is 1.99. The van der Waals surface area contributed by atoms with E-state index in [2.05, 4.69) is 4.98 Å². The Kier molecular flexibility index (Phi) is 3.42. The maximum atomic E-state index is 5.83. The zero-order chi connectivity index (χ0) is 11.4. The van der Waals surface area contributed by atoms with Gasteiger partial charge >= 0.3 is 0 Å². The quantitative estimate of drug-likeness (QED) is 0.759. The third-order valence-corrected chi connectivity index (χ3v) is 2.53. The van der Waals surface area contributed by atoms with E-state index >= 15 is 0 Å². The number of pyridine rings is 1. The van der Waals surface area contributed by atoms with E-state index in [0.717, 1.165) is 17.9 Å². The van der Waals surface area contributed by atoms with Gasteiger partial charge in [-0.25, -0.2) is 4.98 Å². The second-order valence-corrected chi connectivity index (χ2v) is 3.86. The van der Waals surface area contributed by atoms with Crippen molar-refractivity contribution in [3.63, 3.8) is 0 Å². The Hall–Kier alpha value is -1.54. The highest BCUT2D eigenvalue weighted by Crippen LogP contribution is 2.14. The first-order valence-electron chi connectivity index (χ1n) is 5.02. The van der Waals surface area contributed by atoms with Crippen molar-refractivity contribution in [3.05, 3.63) is 58.9 Å². The van der Waals surface area contributed by atoms with Gasteiger partial charge in [0.2, 0.25) is 0 Å². The average Bonchev–Trinajstić information content (AvgIpc) is 2.30. The molecule has 3 heteroatoms. The first-order chi connectivity index (χ1) is 7.78. The van der Waals surface area contributed by atoms with Crippen LogP contribution in [0.5, 0.6) is 5.75 Å². The largest absolute Gasteiger partial charge is 0.497 e. The minimum absolute atomic E-state index is 0.533.